The minimum absolute atomic E-state index is 0. The normalized spacial score (nSPS) is 11.6. The standard InChI is InChI=1S/C19H21Cl2OP.Li.H/c1-11-9-13(19(3,4)5)10-12(2)17(11)23-18(22)16-14(20)7-6-8-15(16)21;;/h6-10,23H,1-5H3;;/q;+1;-1. The summed E-state index contributed by atoms with van der Waals surface area (Å²) in [5.41, 5.74) is 4.06. The Kier molecular flexibility index (Phi) is 7.61. The van der Waals surface area contributed by atoms with Crippen molar-refractivity contribution >= 4 is 42.6 Å². The van der Waals surface area contributed by atoms with E-state index in [-0.39, 0.29) is 39.8 Å². The fourth-order valence-electron chi connectivity index (χ4n) is 2.48. The van der Waals surface area contributed by atoms with Crippen LogP contribution in [0, 0.1) is 13.8 Å². The number of carbonyl (C=O) groups is 1. The van der Waals surface area contributed by atoms with E-state index in [0.717, 1.165) is 16.4 Å². The minimum Gasteiger partial charge on any atom is -1.00 e. The Morgan fingerprint density at radius 1 is 1.04 bits per heavy atom. The maximum absolute atomic E-state index is 12.7. The van der Waals surface area contributed by atoms with Crippen molar-refractivity contribution in [1.82, 2.24) is 0 Å². The zero-order valence-electron chi connectivity index (χ0n) is 16.1. The van der Waals surface area contributed by atoms with Crippen molar-refractivity contribution in [3.05, 3.63) is 62.6 Å². The van der Waals surface area contributed by atoms with E-state index in [2.05, 4.69) is 46.8 Å². The topological polar surface area (TPSA) is 17.1 Å². The summed E-state index contributed by atoms with van der Waals surface area (Å²) in [5, 5.41) is 1.91. The van der Waals surface area contributed by atoms with E-state index in [9.17, 15) is 4.79 Å². The Morgan fingerprint density at radius 2 is 1.50 bits per heavy atom. The molecule has 5 heteroatoms. The number of hydrogen-bond donors (Lipinski definition) is 0. The molecule has 0 aliphatic rings. The van der Waals surface area contributed by atoms with Gasteiger partial charge in [0.15, 0.2) is 5.52 Å². The second-order valence-corrected chi connectivity index (χ2v) is 8.80. The summed E-state index contributed by atoms with van der Waals surface area (Å²) >= 11 is 12.3. The van der Waals surface area contributed by atoms with Crippen LogP contribution in [0.2, 0.25) is 10.0 Å². The average molecular weight is 375 g/mol. The second-order valence-electron chi connectivity index (χ2n) is 6.79. The molecule has 0 radical (unpaired) electrons. The number of aryl methyl sites for hydroxylation is 2. The van der Waals surface area contributed by atoms with Gasteiger partial charge >= 0.3 is 18.9 Å². The number of carbonyl (C=O) groups excluding carboxylic acids is 1. The zero-order chi connectivity index (χ0) is 17.4. The van der Waals surface area contributed by atoms with Crippen molar-refractivity contribution in [1.29, 1.82) is 0 Å². The minimum atomic E-state index is -0.0182. The first-order valence-electron chi connectivity index (χ1n) is 7.48. The van der Waals surface area contributed by atoms with Gasteiger partial charge < -0.3 is 1.43 Å². The maximum Gasteiger partial charge on any atom is 1.00 e. The molecule has 0 fully saturated rings. The van der Waals surface area contributed by atoms with E-state index in [1.54, 1.807) is 18.2 Å². The monoisotopic (exact) mass is 374 g/mol. The predicted octanol–water partition coefficient (Wildman–Crippen LogP) is 3.17. The summed E-state index contributed by atoms with van der Waals surface area (Å²) in [6, 6.07) is 9.51. The van der Waals surface area contributed by atoms with Gasteiger partial charge in [-0.25, -0.2) is 0 Å². The van der Waals surface area contributed by atoms with Crippen LogP contribution in [-0.2, 0) is 5.41 Å². The van der Waals surface area contributed by atoms with Gasteiger partial charge in [0, 0.05) is 0 Å². The molecule has 0 N–H and O–H groups in total. The molecule has 2 rings (SSSR count). The largest absolute Gasteiger partial charge is 1.00 e. The third-order valence-electron chi connectivity index (χ3n) is 3.83. The summed E-state index contributed by atoms with van der Waals surface area (Å²) in [5.74, 6) is 0. The number of hydrogen-bond acceptors (Lipinski definition) is 1. The Labute approximate surface area is 170 Å². The molecule has 0 saturated heterocycles. The molecule has 0 aromatic heterocycles. The fourth-order valence-corrected chi connectivity index (χ4v) is 4.37. The van der Waals surface area contributed by atoms with Gasteiger partial charge in [-0.05, 0) is 62.0 Å². The first kappa shape index (κ1) is 21.8. The number of halogens is 2. The van der Waals surface area contributed by atoms with Gasteiger partial charge in [0.25, 0.3) is 0 Å². The molecule has 0 spiro atoms. The molecule has 2 aromatic carbocycles. The van der Waals surface area contributed by atoms with E-state index in [1.165, 1.54) is 5.56 Å². The quantitative estimate of drug-likeness (QED) is 0.595. The van der Waals surface area contributed by atoms with E-state index in [0.29, 0.717) is 15.6 Å². The fraction of sp³-hybridized carbons (Fsp3) is 0.316. The predicted molar refractivity (Wildman–Crippen MR) is 104 cm³/mol. The molecule has 24 heavy (non-hydrogen) atoms. The maximum atomic E-state index is 12.7. The van der Waals surface area contributed by atoms with Crippen LogP contribution in [0.1, 0.15) is 49.2 Å². The molecule has 0 bridgehead atoms. The Morgan fingerprint density at radius 3 is 1.92 bits per heavy atom. The molecule has 124 valence electrons. The third kappa shape index (κ3) is 4.88. The van der Waals surface area contributed by atoms with Crippen molar-refractivity contribution < 1.29 is 25.1 Å². The summed E-state index contributed by atoms with van der Waals surface area (Å²) in [7, 11) is 0.0181. The van der Waals surface area contributed by atoms with Crippen molar-refractivity contribution in [2.24, 2.45) is 0 Å². The van der Waals surface area contributed by atoms with Crippen LogP contribution in [-0.4, -0.2) is 5.52 Å². The molecule has 1 nitrogen and oxygen atoms in total. The van der Waals surface area contributed by atoms with E-state index >= 15 is 0 Å². The van der Waals surface area contributed by atoms with Crippen LogP contribution in [0.5, 0.6) is 0 Å². The molecule has 0 aliphatic carbocycles. The summed E-state index contributed by atoms with van der Waals surface area (Å²) in [6.07, 6.45) is 0. The van der Waals surface area contributed by atoms with Crippen molar-refractivity contribution in [2.45, 2.75) is 40.0 Å². The zero-order valence-corrected chi connectivity index (χ0v) is 17.6. The van der Waals surface area contributed by atoms with Crippen LogP contribution in [0.3, 0.4) is 0 Å². The van der Waals surface area contributed by atoms with E-state index in [4.69, 9.17) is 23.2 Å². The van der Waals surface area contributed by atoms with Gasteiger partial charge in [0.1, 0.15) is 0 Å². The van der Waals surface area contributed by atoms with Crippen LogP contribution in [0.25, 0.3) is 0 Å². The number of benzene rings is 2. The van der Waals surface area contributed by atoms with Crippen molar-refractivity contribution in [2.75, 3.05) is 0 Å². The molecule has 0 heterocycles. The molecule has 1 atom stereocenters. The summed E-state index contributed by atoms with van der Waals surface area (Å²) < 4.78 is 0. The van der Waals surface area contributed by atoms with Gasteiger partial charge in [0.05, 0.1) is 15.6 Å². The third-order valence-corrected chi connectivity index (χ3v) is 5.97. The van der Waals surface area contributed by atoms with Gasteiger partial charge in [-0.15, -0.1) is 0 Å². The van der Waals surface area contributed by atoms with E-state index < -0.39 is 0 Å². The molecular weight excluding hydrogens is 353 g/mol. The van der Waals surface area contributed by atoms with Crippen molar-refractivity contribution in [3.63, 3.8) is 0 Å². The molecule has 2 aromatic rings. The van der Waals surface area contributed by atoms with Gasteiger partial charge in [-0.1, -0.05) is 62.2 Å². The Bertz CT molecular complexity index is 729. The molecule has 0 amide bonds. The molecule has 0 aliphatic heterocycles. The van der Waals surface area contributed by atoms with Crippen LogP contribution in [0.15, 0.2) is 30.3 Å². The molecule has 1 unspecified atom stereocenters. The van der Waals surface area contributed by atoms with Gasteiger partial charge in [-0.2, -0.15) is 0 Å². The Hall–Kier alpha value is -0.283. The van der Waals surface area contributed by atoms with Crippen molar-refractivity contribution in [3.8, 4) is 0 Å². The van der Waals surface area contributed by atoms with Crippen LogP contribution in [0.4, 0.5) is 0 Å². The summed E-state index contributed by atoms with van der Waals surface area (Å²) in [6.45, 7) is 10.7. The number of rotatable bonds is 3. The SMILES string of the molecule is Cc1cc(C(C)(C)C)cc(C)c1PC(=O)c1c(Cl)cccc1Cl.[H-].[Li+]. The van der Waals surface area contributed by atoms with Crippen LogP contribution < -0.4 is 24.2 Å². The summed E-state index contributed by atoms with van der Waals surface area (Å²) in [4.78, 5) is 12.7. The Balaban J connectivity index is 0.00000288. The van der Waals surface area contributed by atoms with Gasteiger partial charge in [0.2, 0.25) is 0 Å². The molecule has 0 saturated carbocycles. The first-order chi connectivity index (χ1) is 10.6. The van der Waals surface area contributed by atoms with E-state index in [1.807, 2.05) is 0 Å². The van der Waals surface area contributed by atoms with Gasteiger partial charge in [-0.3, -0.25) is 4.79 Å². The smallest absolute Gasteiger partial charge is 1.00 e. The van der Waals surface area contributed by atoms with Crippen LogP contribution >= 0.6 is 31.8 Å². The first-order valence-corrected chi connectivity index (χ1v) is 9.24. The average Bonchev–Trinajstić information content (AvgIpc) is 2.41. The molecular formula is C19H22Cl2LiOP. The second kappa shape index (κ2) is 8.40.